The maximum absolute atomic E-state index is 13.0. The van der Waals surface area contributed by atoms with Crippen LogP contribution >= 0.6 is 0 Å². The molecule has 1 saturated heterocycles. The fraction of sp³-hybridized carbons (Fsp3) is 0.588. The molecule has 0 aliphatic carbocycles. The van der Waals surface area contributed by atoms with Gasteiger partial charge in [0.2, 0.25) is 5.91 Å². The summed E-state index contributed by atoms with van der Waals surface area (Å²) in [5, 5.41) is 3.41. The lowest BCUT2D eigenvalue weighted by Gasteiger charge is -2.37. The van der Waals surface area contributed by atoms with E-state index >= 15 is 0 Å². The Labute approximate surface area is 126 Å². The first-order chi connectivity index (χ1) is 10.3. The molecule has 2 aliphatic heterocycles. The Bertz CT molecular complexity index is 497. The van der Waals surface area contributed by atoms with Crippen molar-refractivity contribution >= 4 is 5.91 Å². The molecule has 1 N–H and O–H groups in total. The van der Waals surface area contributed by atoms with Crippen molar-refractivity contribution in [3.8, 4) is 5.75 Å². The molecular weight excluding hydrogens is 264 g/mol. The fourth-order valence-corrected chi connectivity index (χ4v) is 3.49. The maximum Gasteiger partial charge on any atom is 0.230 e. The molecule has 2 unspecified atom stereocenters. The number of fused-ring (bicyclic) bond motifs is 1. The zero-order valence-corrected chi connectivity index (χ0v) is 12.7. The van der Waals surface area contributed by atoms with Crippen molar-refractivity contribution in [2.75, 3.05) is 26.2 Å². The number of likely N-dealkylation sites (N-methyl/N-ethyl adjacent to an activating group) is 1. The molecule has 0 bridgehead atoms. The summed E-state index contributed by atoms with van der Waals surface area (Å²) in [6.45, 7) is 5.49. The van der Waals surface area contributed by atoms with Crippen LogP contribution in [0.15, 0.2) is 24.3 Å². The van der Waals surface area contributed by atoms with Gasteiger partial charge < -0.3 is 15.0 Å². The minimum atomic E-state index is -0.0446. The lowest BCUT2D eigenvalue weighted by molar-refractivity contribution is -0.136. The molecule has 4 nitrogen and oxygen atoms in total. The number of nitrogens with one attached hydrogen (secondary N) is 1. The van der Waals surface area contributed by atoms with Crippen molar-refractivity contribution in [1.82, 2.24) is 10.2 Å². The molecular formula is C17H24N2O2. The summed E-state index contributed by atoms with van der Waals surface area (Å²) in [5.41, 5.74) is 1.05. The monoisotopic (exact) mass is 288 g/mol. The molecule has 1 amide bonds. The van der Waals surface area contributed by atoms with Gasteiger partial charge >= 0.3 is 0 Å². The molecule has 2 atom stereocenters. The largest absolute Gasteiger partial charge is 0.493 e. The van der Waals surface area contributed by atoms with Crippen LogP contribution in [0.4, 0.5) is 0 Å². The molecule has 0 aromatic heterocycles. The number of piperidine rings is 1. The van der Waals surface area contributed by atoms with Crippen molar-refractivity contribution < 1.29 is 9.53 Å². The SMILES string of the molecule is CCN(C(=O)C1CCOc2ccccc21)C1CCCNC1. The Kier molecular flexibility index (Phi) is 4.44. The Morgan fingerprint density at radius 1 is 1.38 bits per heavy atom. The number of amides is 1. The number of hydrogen-bond acceptors (Lipinski definition) is 3. The number of benzene rings is 1. The number of hydrogen-bond donors (Lipinski definition) is 1. The molecule has 4 heteroatoms. The third-order valence-corrected chi connectivity index (χ3v) is 4.59. The van der Waals surface area contributed by atoms with Crippen LogP contribution in [0.25, 0.3) is 0 Å². The summed E-state index contributed by atoms with van der Waals surface area (Å²) in [5.74, 6) is 1.10. The first kappa shape index (κ1) is 14.4. The highest BCUT2D eigenvalue weighted by molar-refractivity contribution is 5.85. The van der Waals surface area contributed by atoms with E-state index in [-0.39, 0.29) is 11.8 Å². The first-order valence-electron chi connectivity index (χ1n) is 8.04. The summed E-state index contributed by atoms with van der Waals surface area (Å²) < 4.78 is 5.68. The molecule has 2 aliphatic rings. The number of carbonyl (C=O) groups is 1. The Morgan fingerprint density at radius 2 is 2.24 bits per heavy atom. The average Bonchev–Trinajstić information content (AvgIpc) is 2.56. The molecule has 3 rings (SSSR count). The Hall–Kier alpha value is -1.55. The molecule has 2 heterocycles. The van der Waals surface area contributed by atoms with Gasteiger partial charge in [-0.3, -0.25) is 4.79 Å². The number of nitrogens with zero attached hydrogens (tertiary/aromatic N) is 1. The average molecular weight is 288 g/mol. The van der Waals surface area contributed by atoms with E-state index in [1.807, 2.05) is 24.3 Å². The van der Waals surface area contributed by atoms with Crippen LogP contribution in [0.2, 0.25) is 0 Å². The molecule has 1 aromatic rings. The highest BCUT2D eigenvalue weighted by Gasteiger charge is 2.33. The number of ether oxygens (including phenoxy) is 1. The van der Waals surface area contributed by atoms with Crippen molar-refractivity contribution in [3.63, 3.8) is 0 Å². The van der Waals surface area contributed by atoms with Gasteiger partial charge in [0.15, 0.2) is 0 Å². The normalized spacial score (nSPS) is 24.8. The van der Waals surface area contributed by atoms with Crippen LogP contribution in [0.3, 0.4) is 0 Å². The van der Waals surface area contributed by atoms with Crippen LogP contribution in [-0.4, -0.2) is 43.1 Å². The number of carbonyl (C=O) groups excluding carboxylic acids is 1. The van der Waals surface area contributed by atoms with Crippen LogP contribution in [-0.2, 0) is 4.79 Å². The van der Waals surface area contributed by atoms with Gasteiger partial charge in [-0.05, 0) is 38.8 Å². The van der Waals surface area contributed by atoms with Crippen LogP contribution in [0, 0.1) is 0 Å². The maximum atomic E-state index is 13.0. The van der Waals surface area contributed by atoms with Gasteiger partial charge in [-0.15, -0.1) is 0 Å². The lowest BCUT2D eigenvalue weighted by Crippen LogP contribution is -2.50. The third kappa shape index (κ3) is 2.91. The standard InChI is InChI=1S/C17H24N2O2/c1-2-19(13-6-5-10-18-12-13)17(20)15-9-11-21-16-8-4-3-7-14(15)16/h3-4,7-8,13,15,18H,2,5-6,9-12H2,1H3. The van der Waals surface area contributed by atoms with Crippen molar-refractivity contribution in [2.45, 2.75) is 38.1 Å². The van der Waals surface area contributed by atoms with Crippen LogP contribution in [0.5, 0.6) is 5.75 Å². The van der Waals surface area contributed by atoms with Crippen LogP contribution < -0.4 is 10.1 Å². The fourth-order valence-electron chi connectivity index (χ4n) is 3.49. The van der Waals surface area contributed by atoms with E-state index in [2.05, 4.69) is 17.1 Å². The Balaban J connectivity index is 1.80. The van der Waals surface area contributed by atoms with Gasteiger partial charge in [-0.25, -0.2) is 0 Å². The summed E-state index contributed by atoms with van der Waals surface area (Å²) in [7, 11) is 0. The Morgan fingerprint density at radius 3 is 3.00 bits per heavy atom. The van der Waals surface area contributed by atoms with E-state index in [1.54, 1.807) is 0 Å². The number of para-hydroxylation sites is 1. The zero-order chi connectivity index (χ0) is 14.7. The van der Waals surface area contributed by atoms with E-state index < -0.39 is 0 Å². The second-order valence-electron chi connectivity index (χ2n) is 5.85. The van der Waals surface area contributed by atoms with E-state index in [4.69, 9.17) is 4.74 Å². The van der Waals surface area contributed by atoms with E-state index in [0.29, 0.717) is 12.6 Å². The van der Waals surface area contributed by atoms with Crippen molar-refractivity contribution in [1.29, 1.82) is 0 Å². The predicted octanol–water partition coefficient (Wildman–Crippen LogP) is 2.15. The van der Waals surface area contributed by atoms with Gasteiger partial charge in [0.1, 0.15) is 5.75 Å². The summed E-state index contributed by atoms with van der Waals surface area (Å²) in [6, 6.07) is 8.30. The lowest BCUT2D eigenvalue weighted by atomic mass is 9.90. The quantitative estimate of drug-likeness (QED) is 0.926. The second kappa shape index (κ2) is 6.48. The minimum absolute atomic E-state index is 0.0446. The number of rotatable bonds is 3. The van der Waals surface area contributed by atoms with Crippen molar-refractivity contribution in [2.24, 2.45) is 0 Å². The van der Waals surface area contributed by atoms with E-state index in [1.165, 1.54) is 0 Å². The highest BCUT2D eigenvalue weighted by atomic mass is 16.5. The summed E-state index contributed by atoms with van der Waals surface area (Å²) in [6.07, 6.45) is 3.04. The predicted molar refractivity (Wildman–Crippen MR) is 82.6 cm³/mol. The zero-order valence-electron chi connectivity index (χ0n) is 12.7. The van der Waals surface area contributed by atoms with Gasteiger partial charge in [0, 0.05) is 24.7 Å². The molecule has 21 heavy (non-hydrogen) atoms. The van der Waals surface area contributed by atoms with Gasteiger partial charge in [0.05, 0.1) is 12.5 Å². The highest BCUT2D eigenvalue weighted by Crippen LogP contribution is 2.35. The smallest absolute Gasteiger partial charge is 0.230 e. The topological polar surface area (TPSA) is 41.6 Å². The van der Waals surface area contributed by atoms with Gasteiger partial charge in [-0.2, -0.15) is 0 Å². The third-order valence-electron chi connectivity index (χ3n) is 4.59. The summed E-state index contributed by atoms with van der Waals surface area (Å²) >= 11 is 0. The molecule has 1 aromatic carbocycles. The molecule has 0 radical (unpaired) electrons. The minimum Gasteiger partial charge on any atom is -0.493 e. The van der Waals surface area contributed by atoms with E-state index in [9.17, 15) is 4.79 Å². The molecule has 114 valence electrons. The molecule has 0 saturated carbocycles. The summed E-state index contributed by atoms with van der Waals surface area (Å²) in [4.78, 5) is 15.1. The van der Waals surface area contributed by atoms with Gasteiger partial charge in [0.25, 0.3) is 0 Å². The van der Waals surface area contributed by atoms with Crippen LogP contribution in [0.1, 0.15) is 37.7 Å². The van der Waals surface area contributed by atoms with Crippen molar-refractivity contribution in [3.05, 3.63) is 29.8 Å². The second-order valence-corrected chi connectivity index (χ2v) is 5.85. The molecule has 1 fully saturated rings. The first-order valence-corrected chi connectivity index (χ1v) is 8.04. The van der Waals surface area contributed by atoms with Gasteiger partial charge in [-0.1, -0.05) is 18.2 Å². The molecule has 0 spiro atoms. The van der Waals surface area contributed by atoms with E-state index in [0.717, 1.165) is 50.2 Å².